The summed E-state index contributed by atoms with van der Waals surface area (Å²) >= 11 is 1.85. The predicted octanol–water partition coefficient (Wildman–Crippen LogP) is 7.80. The minimum absolute atomic E-state index is 0.0761. The summed E-state index contributed by atoms with van der Waals surface area (Å²) in [5.74, 6) is 1.16. The molecule has 0 spiro atoms. The Labute approximate surface area is 226 Å². The Morgan fingerprint density at radius 3 is 1.92 bits per heavy atom. The quantitative estimate of drug-likeness (QED) is 0.227. The Kier molecular flexibility index (Phi) is 4.82. The summed E-state index contributed by atoms with van der Waals surface area (Å²) in [6.07, 6.45) is 4.41. The van der Waals surface area contributed by atoms with Gasteiger partial charge in [-0.05, 0) is 85.2 Å². The number of hydrogen-bond donors (Lipinski definition) is 0. The summed E-state index contributed by atoms with van der Waals surface area (Å²) in [6, 6.07) is 45.5. The normalized spacial score (nSPS) is 13.1. The topological polar surface area (TPSA) is 16.3 Å². The first-order valence-corrected chi connectivity index (χ1v) is 13.6. The molecule has 0 unspecified atom stereocenters. The van der Waals surface area contributed by atoms with Crippen LogP contribution < -0.4 is 15.3 Å². The van der Waals surface area contributed by atoms with Crippen LogP contribution >= 0.6 is 11.8 Å². The highest BCUT2D eigenvalue weighted by Crippen LogP contribution is 2.47. The second kappa shape index (κ2) is 8.50. The van der Waals surface area contributed by atoms with Crippen molar-refractivity contribution in [1.29, 1.82) is 0 Å². The summed E-state index contributed by atoms with van der Waals surface area (Å²) in [5.41, 5.74) is 7.11. The van der Waals surface area contributed by atoms with Crippen LogP contribution in [-0.2, 0) is 0 Å². The van der Waals surface area contributed by atoms with Gasteiger partial charge in [-0.1, -0.05) is 66.4 Å². The maximum Gasteiger partial charge on any atom is 0.424 e. The first kappa shape index (κ1) is 21.5. The van der Waals surface area contributed by atoms with Crippen molar-refractivity contribution < 1.29 is 0 Å². The van der Waals surface area contributed by atoms with Crippen molar-refractivity contribution in [3.8, 4) is 0 Å². The third-order valence-corrected chi connectivity index (χ3v) is 8.49. The number of anilines is 6. The summed E-state index contributed by atoms with van der Waals surface area (Å²) < 4.78 is 4.79. The molecule has 4 heterocycles. The number of nitrogens with zero attached hydrogens (tertiary/aromatic N) is 4. The third-order valence-electron chi connectivity index (χ3n) is 7.37. The Bertz CT molecular complexity index is 1720. The summed E-state index contributed by atoms with van der Waals surface area (Å²) in [4.78, 5) is 6.05. The lowest BCUT2D eigenvalue weighted by molar-refractivity contribution is 0.958. The molecule has 0 fully saturated rings. The van der Waals surface area contributed by atoms with Crippen LogP contribution in [0.5, 0.6) is 0 Å². The van der Waals surface area contributed by atoms with E-state index in [1.54, 1.807) is 0 Å². The second-order valence-corrected chi connectivity index (χ2v) is 10.6. The maximum absolute atomic E-state index is 2.40. The highest BCUT2D eigenvalue weighted by atomic mass is 32.2. The Hall–Kier alpha value is -4.55. The van der Waals surface area contributed by atoms with E-state index in [9.17, 15) is 0 Å². The zero-order valence-corrected chi connectivity index (χ0v) is 21.4. The summed E-state index contributed by atoms with van der Waals surface area (Å²) in [5, 5.41) is 1.25. The monoisotopic (exact) mass is 506 g/mol. The van der Waals surface area contributed by atoms with Gasteiger partial charge in [-0.3, -0.25) is 4.90 Å². The van der Waals surface area contributed by atoms with Crippen molar-refractivity contribution in [2.24, 2.45) is 0 Å². The minimum atomic E-state index is 0.0761. The fourth-order valence-electron chi connectivity index (χ4n) is 5.80. The van der Waals surface area contributed by atoms with Gasteiger partial charge in [0.05, 0.1) is 5.03 Å². The van der Waals surface area contributed by atoms with Crippen LogP contribution in [0, 0.1) is 0 Å². The molecule has 2 aliphatic heterocycles. The molecule has 0 aliphatic carbocycles. The zero-order chi connectivity index (χ0) is 25.1. The standard InChI is InChI=1S/C32H23BN4S/c1-4-12-24(13-5-1)36(25-14-6-2-7-15-25)27-22-28-32-29(23-27)38-31-19-11-21-35(31)33(32)34-20-10-18-30(34)37(28)26-16-8-3-9-17-26/h1-23H. The zero-order valence-electron chi connectivity index (χ0n) is 20.6. The van der Waals surface area contributed by atoms with E-state index in [0.29, 0.717) is 0 Å². The molecule has 0 amide bonds. The van der Waals surface area contributed by atoms with E-state index in [0.717, 1.165) is 28.6 Å². The van der Waals surface area contributed by atoms with Gasteiger partial charge in [0, 0.05) is 38.8 Å². The average molecular weight is 506 g/mol. The molecule has 0 saturated heterocycles. The van der Waals surface area contributed by atoms with E-state index in [1.165, 1.54) is 21.1 Å². The fraction of sp³-hybridized carbons (Fsp3) is 0. The van der Waals surface area contributed by atoms with Gasteiger partial charge in [-0.15, -0.1) is 0 Å². The smallest absolute Gasteiger partial charge is 0.362 e. The lowest BCUT2D eigenvalue weighted by Gasteiger charge is -2.40. The lowest BCUT2D eigenvalue weighted by Crippen LogP contribution is -2.53. The van der Waals surface area contributed by atoms with Crippen molar-refractivity contribution in [1.82, 2.24) is 8.96 Å². The maximum atomic E-state index is 2.40. The van der Waals surface area contributed by atoms with Crippen LogP contribution in [0.25, 0.3) is 0 Å². The molecule has 4 aromatic carbocycles. The van der Waals surface area contributed by atoms with Crippen LogP contribution in [0.2, 0.25) is 0 Å². The molecule has 8 rings (SSSR count). The molecule has 0 bridgehead atoms. The second-order valence-electron chi connectivity index (χ2n) is 9.56. The first-order valence-electron chi connectivity index (χ1n) is 12.8. The van der Waals surface area contributed by atoms with E-state index in [4.69, 9.17) is 0 Å². The number of rotatable bonds is 4. The van der Waals surface area contributed by atoms with E-state index in [2.05, 4.69) is 159 Å². The van der Waals surface area contributed by atoms with Crippen LogP contribution in [0.15, 0.2) is 150 Å². The molecule has 0 saturated carbocycles. The van der Waals surface area contributed by atoms with Crippen LogP contribution in [0.1, 0.15) is 0 Å². The van der Waals surface area contributed by atoms with Gasteiger partial charge in [-0.25, -0.2) is 0 Å². The van der Waals surface area contributed by atoms with E-state index in [1.807, 2.05) is 11.8 Å². The highest BCUT2D eigenvalue weighted by Gasteiger charge is 2.42. The summed E-state index contributed by atoms with van der Waals surface area (Å²) in [6.45, 7) is 0.0761. The molecule has 0 atom stereocenters. The molecule has 2 aliphatic rings. The fourth-order valence-corrected chi connectivity index (χ4v) is 6.94. The average Bonchev–Trinajstić information content (AvgIpc) is 3.65. The minimum Gasteiger partial charge on any atom is -0.362 e. The number of benzene rings is 4. The number of aromatic nitrogens is 2. The number of fused-ring (bicyclic) bond motifs is 4. The molecular weight excluding hydrogens is 483 g/mol. The molecule has 6 aromatic rings. The van der Waals surface area contributed by atoms with Crippen molar-refractivity contribution in [2.45, 2.75) is 9.92 Å². The van der Waals surface area contributed by atoms with E-state index in [-0.39, 0.29) is 6.98 Å². The largest absolute Gasteiger partial charge is 0.424 e. The van der Waals surface area contributed by atoms with Crippen molar-refractivity contribution in [2.75, 3.05) is 9.80 Å². The van der Waals surface area contributed by atoms with Gasteiger partial charge in [0.15, 0.2) is 0 Å². The summed E-state index contributed by atoms with van der Waals surface area (Å²) in [7, 11) is 0. The third kappa shape index (κ3) is 3.20. The molecule has 0 radical (unpaired) electrons. The van der Waals surface area contributed by atoms with Crippen LogP contribution in [-0.4, -0.2) is 15.9 Å². The molecule has 180 valence electrons. The molecule has 0 N–H and O–H groups in total. The SMILES string of the molecule is c1ccc(N(c2ccccc2)c2cc3c4c(c2)N(c2ccccc2)c2cccn2B4n2cccc2S3)cc1. The number of para-hydroxylation sites is 3. The molecule has 2 aromatic heterocycles. The van der Waals surface area contributed by atoms with Gasteiger partial charge in [0.1, 0.15) is 5.82 Å². The van der Waals surface area contributed by atoms with E-state index >= 15 is 0 Å². The highest BCUT2D eigenvalue weighted by molar-refractivity contribution is 7.99. The Morgan fingerprint density at radius 2 is 1.21 bits per heavy atom. The van der Waals surface area contributed by atoms with Crippen molar-refractivity contribution in [3.63, 3.8) is 0 Å². The molecule has 6 heteroatoms. The van der Waals surface area contributed by atoms with E-state index < -0.39 is 0 Å². The van der Waals surface area contributed by atoms with Gasteiger partial charge in [0.25, 0.3) is 0 Å². The van der Waals surface area contributed by atoms with Gasteiger partial charge >= 0.3 is 6.98 Å². The predicted molar refractivity (Wildman–Crippen MR) is 159 cm³/mol. The van der Waals surface area contributed by atoms with Crippen LogP contribution in [0.3, 0.4) is 0 Å². The lowest BCUT2D eigenvalue weighted by atomic mass is 9.64. The van der Waals surface area contributed by atoms with Crippen LogP contribution in [0.4, 0.5) is 34.3 Å². The van der Waals surface area contributed by atoms with Gasteiger partial charge in [-0.2, -0.15) is 0 Å². The molecular formula is C32H23BN4S. The Morgan fingerprint density at radius 1 is 0.579 bits per heavy atom. The van der Waals surface area contributed by atoms with Gasteiger partial charge in [0.2, 0.25) is 0 Å². The molecule has 4 nitrogen and oxygen atoms in total. The molecule has 38 heavy (non-hydrogen) atoms. The van der Waals surface area contributed by atoms with Crippen molar-refractivity contribution >= 4 is 58.5 Å². The number of hydrogen-bond acceptors (Lipinski definition) is 3. The van der Waals surface area contributed by atoms with Crippen molar-refractivity contribution in [3.05, 3.63) is 140 Å². The first-order chi connectivity index (χ1) is 18.9. The Balaban J connectivity index is 1.42. The van der Waals surface area contributed by atoms with Gasteiger partial charge < -0.3 is 13.9 Å².